The average molecular weight is 342 g/mol. The number of carbonyl (C=O) groups excluding carboxylic acids is 1. The zero-order valence-corrected chi connectivity index (χ0v) is 14.4. The number of benzene rings is 2. The van der Waals surface area contributed by atoms with E-state index in [2.05, 4.69) is 6.07 Å². The third-order valence-corrected chi connectivity index (χ3v) is 4.79. The van der Waals surface area contributed by atoms with Gasteiger partial charge in [0, 0.05) is 20.1 Å². The summed E-state index contributed by atoms with van der Waals surface area (Å²) in [5.74, 6) is -0.294. The molecule has 0 aromatic heterocycles. The van der Waals surface area contributed by atoms with E-state index in [1.807, 2.05) is 23.1 Å². The zero-order valence-electron chi connectivity index (χ0n) is 14.4. The van der Waals surface area contributed by atoms with E-state index in [0.29, 0.717) is 6.54 Å². The van der Waals surface area contributed by atoms with Crippen molar-refractivity contribution < 1.29 is 14.3 Å². The number of rotatable bonds is 5. The lowest BCUT2D eigenvalue weighted by atomic mass is 9.93. The predicted octanol–water partition coefficient (Wildman–Crippen LogP) is 2.38. The molecule has 0 aliphatic carbocycles. The Labute approximate surface area is 147 Å². The quantitative estimate of drug-likeness (QED) is 0.907. The maximum Gasteiger partial charge on any atom is 0.236 e. The lowest BCUT2D eigenvalue weighted by Gasteiger charge is -2.36. The highest BCUT2D eigenvalue weighted by atomic mass is 19.1. The van der Waals surface area contributed by atoms with E-state index in [9.17, 15) is 14.3 Å². The van der Waals surface area contributed by atoms with Crippen LogP contribution in [-0.4, -0.2) is 47.6 Å². The van der Waals surface area contributed by atoms with Crippen LogP contribution in [0.3, 0.4) is 0 Å². The summed E-state index contributed by atoms with van der Waals surface area (Å²) in [5, 5.41) is 9.82. The van der Waals surface area contributed by atoms with Gasteiger partial charge in [-0.2, -0.15) is 0 Å². The van der Waals surface area contributed by atoms with Gasteiger partial charge in [0.25, 0.3) is 0 Å². The molecule has 1 heterocycles. The summed E-state index contributed by atoms with van der Waals surface area (Å²) in [4.78, 5) is 16.3. The molecule has 1 amide bonds. The summed E-state index contributed by atoms with van der Waals surface area (Å²) in [6.07, 6.45) is 0.877. The lowest BCUT2D eigenvalue weighted by Crippen LogP contribution is -2.44. The molecule has 1 atom stereocenters. The summed E-state index contributed by atoms with van der Waals surface area (Å²) in [5.41, 5.74) is 3.23. The molecule has 25 heavy (non-hydrogen) atoms. The van der Waals surface area contributed by atoms with Crippen molar-refractivity contribution in [1.82, 2.24) is 9.80 Å². The van der Waals surface area contributed by atoms with Crippen LogP contribution in [0.1, 0.15) is 22.7 Å². The van der Waals surface area contributed by atoms with Gasteiger partial charge in [-0.15, -0.1) is 0 Å². The van der Waals surface area contributed by atoms with Crippen molar-refractivity contribution in [1.29, 1.82) is 0 Å². The van der Waals surface area contributed by atoms with Gasteiger partial charge in [0.1, 0.15) is 5.82 Å². The number of aliphatic hydroxyl groups excluding tert-OH is 1. The summed E-state index contributed by atoms with van der Waals surface area (Å²) >= 11 is 0. The molecule has 0 fully saturated rings. The molecule has 1 N–H and O–H groups in total. The second kappa shape index (κ2) is 7.76. The molecular formula is C20H23FN2O2. The van der Waals surface area contributed by atoms with Gasteiger partial charge in [-0.25, -0.2) is 4.39 Å². The molecule has 0 saturated heterocycles. The van der Waals surface area contributed by atoms with Crippen LogP contribution in [0.4, 0.5) is 4.39 Å². The fourth-order valence-electron chi connectivity index (χ4n) is 3.35. The van der Waals surface area contributed by atoms with Crippen molar-refractivity contribution in [2.75, 3.05) is 26.7 Å². The van der Waals surface area contributed by atoms with Gasteiger partial charge in [0.05, 0.1) is 19.2 Å². The molecule has 1 aliphatic heterocycles. The van der Waals surface area contributed by atoms with Crippen LogP contribution in [0.25, 0.3) is 0 Å². The summed E-state index contributed by atoms with van der Waals surface area (Å²) < 4.78 is 13.0. The Hall–Kier alpha value is -2.24. The maximum atomic E-state index is 13.0. The highest BCUT2D eigenvalue weighted by molar-refractivity contribution is 5.78. The molecule has 3 rings (SSSR count). The van der Waals surface area contributed by atoms with Gasteiger partial charge in [0.2, 0.25) is 5.91 Å². The number of hydrogen-bond acceptors (Lipinski definition) is 3. The van der Waals surface area contributed by atoms with Crippen molar-refractivity contribution in [2.24, 2.45) is 0 Å². The number of nitrogens with zero attached hydrogens (tertiary/aromatic N) is 2. The number of halogens is 1. The first-order chi connectivity index (χ1) is 12.1. The number of carbonyl (C=O) groups is 1. The number of fused-ring (bicyclic) bond motifs is 1. The van der Waals surface area contributed by atoms with Crippen LogP contribution in [0.15, 0.2) is 48.5 Å². The predicted molar refractivity (Wildman–Crippen MR) is 94.4 cm³/mol. The SMILES string of the molecule is CN(Cc1ccc(F)cc1)C(=O)CN1CCc2ccccc2C1CO. The zero-order chi connectivity index (χ0) is 17.8. The minimum Gasteiger partial charge on any atom is -0.394 e. The van der Waals surface area contributed by atoms with Gasteiger partial charge in [-0.1, -0.05) is 36.4 Å². The number of likely N-dealkylation sites (N-methyl/N-ethyl adjacent to an activating group) is 1. The van der Waals surface area contributed by atoms with E-state index in [0.717, 1.165) is 24.1 Å². The maximum absolute atomic E-state index is 13.0. The Bertz CT molecular complexity index is 733. The highest BCUT2D eigenvalue weighted by Crippen LogP contribution is 2.29. The standard InChI is InChI=1S/C20H23FN2O2/c1-22(12-15-6-8-17(21)9-7-15)20(25)13-23-11-10-16-4-2-3-5-18(16)19(23)14-24/h2-9,19,24H,10-14H2,1H3. The van der Waals surface area contributed by atoms with Crippen LogP contribution in [-0.2, 0) is 17.8 Å². The smallest absolute Gasteiger partial charge is 0.236 e. The molecule has 2 aromatic rings. The van der Waals surface area contributed by atoms with Crippen LogP contribution >= 0.6 is 0 Å². The van der Waals surface area contributed by atoms with Crippen molar-refractivity contribution in [3.8, 4) is 0 Å². The average Bonchev–Trinajstić information content (AvgIpc) is 2.63. The van der Waals surface area contributed by atoms with Crippen molar-refractivity contribution in [2.45, 2.75) is 19.0 Å². The first-order valence-electron chi connectivity index (χ1n) is 8.49. The molecule has 4 nitrogen and oxygen atoms in total. The molecule has 5 heteroatoms. The third-order valence-electron chi connectivity index (χ3n) is 4.79. The Balaban J connectivity index is 1.65. The monoisotopic (exact) mass is 342 g/mol. The van der Waals surface area contributed by atoms with Gasteiger partial charge in [0.15, 0.2) is 0 Å². The third kappa shape index (κ3) is 4.06. The fraction of sp³-hybridized carbons (Fsp3) is 0.350. The Morgan fingerprint density at radius 1 is 1.24 bits per heavy atom. The van der Waals surface area contributed by atoms with Crippen LogP contribution < -0.4 is 0 Å². The molecular weight excluding hydrogens is 319 g/mol. The largest absolute Gasteiger partial charge is 0.394 e. The topological polar surface area (TPSA) is 43.8 Å². The Morgan fingerprint density at radius 2 is 1.96 bits per heavy atom. The molecule has 1 unspecified atom stereocenters. The Kier molecular flexibility index (Phi) is 5.46. The van der Waals surface area contributed by atoms with E-state index in [4.69, 9.17) is 0 Å². The van der Waals surface area contributed by atoms with Crippen LogP contribution in [0.5, 0.6) is 0 Å². The lowest BCUT2D eigenvalue weighted by molar-refractivity contribution is -0.132. The van der Waals surface area contributed by atoms with E-state index in [-0.39, 0.29) is 30.9 Å². The van der Waals surface area contributed by atoms with Crippen molar-refractivity contribution in [3.05, 3.63) is 71.0 Å². The normalized spacial score (nSPS) is 17.2. The van der Waals surface area contributed by atoms with E-state index in [1.165, 1.54) is 17.7 Å². The van der Waals surface area contributed by atoms with Gasteiger partial charge in [-0.3, -0.25) is 9.69 Å². The molecule has 0 saturated carbocycles. The first-order valence-corrected chi connectivity index (χ1v) is 8.49. The number of amides is 1. The molecule has 0 bridgehead atoms. The fourth-order valence-corrected chi connectivity index (χ4v) is 3.35. The van der Waals surface area contributed by atoms with Gasteiger partial charge >= 0.3 is 0 Å². The minimum atomic E-state index is -0.282. The molecule has 1 aliphatic rings. The molecule has 132 valence electrons. The Morgan fingerprint density at radius 3 is 2.68 bits per heavy atom. The van der Waals surface area contributed by atoms with E-state index < -0.39 is 0 Å². The second-order valence-electron chi connectivity index (χ2n) is 6.49. The summed E-state index contributed by atoms with van der Waals surface area (Å²) in [7, 11) is 1.75. The van der Waals surface area contributed by atoms with E-state index >= 15 is 0 Å². The van der Waals surface area contributed by atoms with E-state index in [1.54, 1.807) is 24.1 Å². The molecule has 0 spiro atoms. The van der Waals surface area contributed by atoms with Crippen molar-refractivity contribution in [3.63, 3.8) is 0 Å². The molecule has 0 radical (unpaired) electrons. The second-order valence-corrected chi connectivity index (χ2v) is 6.49. The van der Waals surface area contributed by atoms with Crippen LogP contribution in [0.2, 0.25) is 0 Å². The highest BCUT2D eigenvalue weighted by Gasteiger charge is 2.28. The molecule has 2 aromatic carbocycles. The van der Waals surface area contributed by atoms with Gasteiger partial charge in [-0.05, 0) is 35.2 Å². The summed E-state index contributed by atoms with van der Waals surface area (Å²) in [6.45, 7) is 1.44. The minimum absolute atomic E-state index is 0.00797. The van der Waals surface area contributed by atoms with Crippen LogP contribution in [0, 0.1) is 5.82 Å². The number of hydrogen-bond donors (Lipinski definition) is 1. The number of aliphatic hydroxyl groups is 1. The van der Waals surface area contributed by atoms with Crippen molar-refractivity contribution >= 4 is 5.91 Å². The van der Waals surface area contributed by atoms with Gasteiger partial charge < -0.3 is 10.0 Å². The first kappa shape index (κ1) is 17.6. The summed E-state index contributed by atoms with van der Waals surface area (Å²) in [6, 6.07) is 14.1.